The lowest BCUT2D eigenvalue weighted by Gasteiger charge is -2.19. The summed E-state index contributed by atoms with van der Waals surface area (Å²) < 4.78 is 0.917. The van der Waals surface area contributed by atoms with Crippen LogP contribution in [-0.4, -0.2) is 17.4 Å². The number of halogens is 1. The molecule has 0 saturated carbocycles. The van der Waals surface area contributed by atoms with E-state index in [0.29, 0.717) is 5.69 Å². The standard InChI is InChI=1S/C20H16BrN3O/c21-15-5-3-6-16(12-15)23-20(25)18-13-17(8-10-22-18)24-11-9-14-4-1-2-7-19(14)24/h1-8,10,12-13H,9,11H2,(H,23,25). The molecule has 2 aromatic carbocycles. The zero-order valence-electron chi connectivity index (χ0n) is 13.4. The van der Waals surface area contributed by atoms with Gasteiger partial charge >= 0.3 is 0 Å². The van der Waals surface area contributed by atoms with Crippen LogP contribution in [-0.2, 0) is 6.42 Å². The fourth-order valence-corrected chi connectivity index (χ4v) is 3.48. The summed E-state index contributed by atoms with van der Waals surface area (Å²) in [6.07, 6.45) is 2.70. The van der Waals surface area contributed by atoms with Gasteiger partial charge in [-0.2, -0.15) is 0 Å². The summed E-state index contributed by atoms with van der Waals surface area (Å²) in [5.41, 5.74) is 4.66. The fourth-order valence-electron chi connectivity index (χ4n) is 3.08. The van der Waals surface area contributed by atoms with Crippen molar-refractivity contribution in [3.63, 3.8) is 0 Å². The molecule has 5 heteroatoms. The minimum atomic E-state index is -0.215. The Morgan fingerprint density at radius 3 is 2.84 bits per heavy atom. The molecule has 1 aliphatic heterocycles. The molecule has 2 heterocycles. The first-order valence-corrected chi connectivity index (χ1v) is 8.88. The van der Waals surface area contributed by atoms with Gasteiger partial charge in [0.15, 0.2) is 0 Å². The van der Waals surface area contributed by atoms with E-state index in [1.165, 1.54) is 11.3 Å². The third-order valence-electron chi connectivity index (χ3n) is 4.26. The van der Waals surface area contributed by atoms with Crippen LogP contribution in [0.15, 0.2) is 71.3 Å². The van der Waals surface area contributed by atoms with Crippen molar-refractivity contribution < 1.29 is 4.79 Å². The van der Waals surface area contributed by atoms with Crippen molar-refractivity contribution in [2.24, 2.45) is 0 Å². The summed E-state index contributed by atoms with van der Waals surface area (Å²) in [7, 11) is 0. The van der Waals surface area contributed by atoms with Crippen LogP contribution in [0.2, 0.25) is 0 Å². The first-order chi connectivity index (χ1) is 12.2. The topological polar surface area (TPSA) is 45.2 Å². The largest absolute Gasteiger partial charge is 0.341 e. The highest BCUT2D eigenvalue weighted by atomic mass is 79.9. The molecule has 0 saturated heterocycles. The summed E-state index contributed by atoms with van der Waals surface area (Å²) in [5.74, 6) is -0.215. The van der Waals surface area contributed by atoms with Gasteiger partial charge in [0.2, 0.25) is 0 Å². The molecule has 25 heavy (non-hydrogen) atoms. The van der Waals surface area contributed by atoms with E-state index in [0.717, 1.165) is 28.8 Å². The number of amides is 1. The number of nitrogens with one attached hydrogen (secondary N) is 1. The molecule has 4 rings (SSSR count). The third-order valence-corrected chi connectivity index (χ3v) is 4.75. The average Bonchev–Trinajstić information content (AvgIpc) is 3.06. The predicted octanol–water partition coefficient (Wildman–Crippen LogP) is 4.79. The van der Waals surface area contributed by atoms with E-state index < -0.39 is 0 Å². The van der Waals surface area contributed by atoms with E-state index in [1.54, 1.807) is 6.20 Å². The van der Waals surface area contributed by atoms with Crippen molar-refractivity contribution in [3.05, 3.63) is 82.6 Å². The normalized spacial score (nSPS) is 12.8. The molecule has 0 radical (unpaired) electrons. The van der Waals surface area contributed by atoms with Gasteiger partial charge in [0.05, 0.1) is 0 Å². The van der Waals surface area contributed by atoms with Gasteiger partial charge in [0, 0.05) is 34.3 Å². The van der Waals surface area contributed by atoms with Crippen molar-refractivity contribution in [3.8, 4) is 0 Å². The average molecular weight is 394 g/mol. The van der Waals surface area contributed by atoms with Crippen LogP contribution in [0.5, 0.6) is 0 Å². The number of carbonyl (C=O) groups excluding carboxylic acids is 1. The molecule has 0 atom stereocenters. The Morgan fingerprint density at radius 1 is 1.08 bits per heavy atom. The maximum Gasteiger partial charge on any atom is 0.274 e. The second kappa shape index (κ2) is 6.69. The molecule has 1 aliphatic rings. The molecule has 1 aromatic heterocycles. The quantitative estimate of drug-likeness (QED) is 0.695. The molecule has 4 nitrogen and oxygen atoms in total. The van der Waals surface area contributed by atoms with Crippen LogP contribution in [0.3, 0.4) is 0 Å². The van der Waals surface area contributed by atoms with Crippen LogP contribution in [0, 0.1) is 0 Å². The van der Waals surface area contributed by atoms with E-state index >= 15 is 0 Å². The van der Waals surface area contributed by atoms with Crippen molar-refractivity contribution in [1.82, 2.24) is 4.98 Å². The lowest BCUT2D eigenvalue weighted by Crippen LogP contribution is -2.17. The number of pyridine rings is 1. The first kappa shape index (κ1) is 15.8. The van der Waals surface area contributed by atoms with Crippen LogP contribution in [0.4, 0.5) is 17.1 Å². The molecule has 124 valence electrons. The third kappa shape index (κ3) is 3.28. The molecule has 1 amide bonds. The van der Waals surface area contributed by atoms with Gasteiger partial charge in [-0.05, 0) is 48.4 Å². The lowest BCUT2D eigenvalue weighted by molar-refractivity contribution is 0.102. The highest BCUT2D eigenvalue weighted by molar-refractivity contribution is 9.10. The Morgan fingerprint density at radius 2 is 1.96 bits per heavy atom. The maximum absolute atomic E-state index is 12.5. The van der Waals surface area contributed by atoms with E-state index in [2.05, 4.69) is 49.3 Å². The fraction of sp³-hybridized carbons (Fsp3) is 0.100. The molecular formula is C20H16BrN3O. The van der Waals surface area contributed by atoms with Crippen LogP contribution >= 0.6 is 15.9 Å². The van der Waals surface area contributed by atoms with Crippen LogP contribution < -0.4 is 10.2 Å². The predicted molar refractivity (Wildman–Crippen MR) is 103 cm³/mol. The molecule has 0 fully saturated rings. The number of para-hydroxylation sites is 1. The summed E-state index contributed by atoms with van der Waals surface area (Å²) in [6, 6.07) is 19.7. The van der Waals surface area contributed by atoms with Gasteiger partial charge in [-0.1, -0.05) is 40.2 Å². The maximum atomic E-state index is 12.5. The SMILES string of the molecule is O=C(Nc1cccc(Br)c1)c1cc(N2CCc3ccccc32)ccn1. The van der Waals surface area contributed by atoms with E-state index in [1.807, 2.05) is 42.5 Å². The summed E-state index contributed by atoms with van der Waals surface area (Å²) in [5, 5.41) is 2.89. The smallest absolute Gasteiger partial charge is 0.274 e. The van der Waals surface area contributed by atoms with Crippen LogP contribution in [0.1, 0.15) is 16.1 Å². The number of hydrogen-bond donors (Lipinski definition) is 1. The van der Waals surface area contributed by atoms with Gasteiger partial charge in [-0.3, -0.25) is 9.78 Å². The van der Waals surface area contributed by atoms with Gasteiger partial charge in [-0.15, -0.1) is 0 Å². The minimum Gasteiger partial charge on any atom is -0.341 e. The zero-order valence-corrected chi connectivity index (χ0v) is 15.0. The van der Waals surface area contributed by atoms with Crippen molar-refractivity contribution in [2.75, 3.05) is 16.8 Å². The summed E-state index contributed by atoms with van der Waals surface area (Å²) in [6.45, 7) is 0.913. The molecule has 0 spiro atoms. The molecule has 3 aromatic rings. The number of fused-ring (bicyclic) bond motifs is 1. The Hall–Kier alpha value is -2.66. The first-order valence-electron chi connectivity index (χ1n) is 8.09. The number of carbonyl (C=O) groups is 1. The lowest BCUT2D eigenvalue weighted by atomic mass is 10.2. The number of nitrogens with zero attached hydrogens (tertiary/aromatic N) is 2. The molecule has 1 N–H and O–H groups in total. The van der Waals surface area contributed by atoms with Gasteiger partial charge < -0.3 is 10.2 Å². The van der Waals surface area contributed by atoms with Gasteiger partial charge in [0.1, 0.15) is 5.69 Å². The summed E-state index contributed by atoms with van der Waals surface area (Å²) >= 11 is 3.41. The monoisotopic (exact) mass is 393 g/mol. The van der Waals surface area contributed by atoms with Crippen molar-refractivity contribution in [2.45, 2.75) is 6.42 Å². The highest BCUT2D eigenvalue weighted by Gasteiger charge is 2.20. The molecule has 0 unspecified atom stereocenters. The summed E-state index contributed by atoms with van der Waals surface area (Å²) in [4.78, 5) is 19.0. The number of hydrogen-bond acceptors (Lipinski definition) is 3. The van der Waals surface area contributed by atoms with E-state index in [-0.39, 0.29) is 5.91 Å². The second-order valence-electron chi connectivity index (χ2n) is 5.89. The second-order valence-corrected chi connectivity index (χ2v) is 6.81. The van der Waals surface area contributed by atoms with Gasteiger partial charge in [0.25, 0.3) is 5.91 Å². The van der Waals surface area contributed by atoms with E-state index in [4.69, 9.17) is 0 Å². The Balaban J connectivity index is 1.59. The zero-order chi connectivity index (χ0) is 17.2. The van der Waals surface area contributed by atoms with Crippen molar-refractivity contribution >= 4 is 38.9 Å². The highest BCUT2D eigenvalue weighted by Crippen LogP contribution is 2.34. The Labute approximate surface area is 154 Å². The van der Waals surface area contributed by atoms with E-state index in [9.17, 15) is 4.79 Å². The Bertz CT molecular complexity index is 941. The number of aromatic nitrogens is 1. The number of anilines is 3. The molecular weight excluding hydrogens is 378 g/mol. The number of benzene rings is 2. The van der Waals surface area contributed by atoms with Crippen LogP contribution in [0.25, 0.3) is 0 Å². The minimum absolute atomic E-state index is 0.215. The van der Waals surface area contributed by atoms with Gasteiger partial charge in [-0.25, -0.2) is 0 Å². The molecule has 0 bridgehead atoms. The number of rotatable bonds is 3. The molecule has 0 aliphatic carbocycles. The van der Waals surface area contributed by atoms with Crippen molar-refractivity contribution in [1.29, 1.82) is 0 Å². The Kier molecular flexibility index (Phi) is 4.24.